The Balaban J connectivity index is 1.62. The van der Waals surface area contributed by atoms with Gasteiger partial charge in [-0.1, -0.05) is 6.07 Å². The number of halogens is 1. The zero-order chi connectivity index (χ0) is 17.2. The third kappa shape index (κ3) is 3.28. The monoisotopic (exact) mass is 335 g/mol. The largest absolute Gasteiger partial charge is 0.482 e. The van der Waals surface area contributed by atoms with E-state index in [1.807, 2.05) is 30.3 Å². The highest BCUT2D eigenvalue weighted by atomic mass is 19.1. The molecule has 1 aliphatic heterocycles. The van der Waals surface area contributed by atoms with Crippen LogP contribution in [0.1, 0.15) is 0 Å². The molecular formula is C19H14FN3O2. The molecule has 2 aromatic carbocycles. The topological polar surface area (TPSA) is 63.2 Å². The summed E-state index contributed by atoms with van der Waals surface area (Å²) in [5, 5.41) is 5.94. The summed E-state index contributed by atoms with van der Waals surface area (Å²) in [5.74, 6) is 0.841. The van der Waals surface area contributed by atoms with Crippen LogP contribution in [0.5, 0.6) is 5.75 Å². The average Bonchev–Trinajstić information content (AvgIpc) is 2.63. The van der Waals surface area contributed by atoms with E-state index in [0.29, 0.717) is 17.3 Å². The number of anilines is 3. The molecule has 6 heteroatoms. The van der Waals surface area contributed by atoms with Crippen molar-refractivity contribution in [3.05, 3.63) is 66.6 Å². The number of pyridine rings is 1. The van der Waals surface area contributed by atoms with Gasteiger partial charge < -0.3 is 15.4 Å². The molecule has 1 aliphatic rings. The lowest BCUT2D eigenvalue weighted by atomic mass is 10.1. The Hall–Kier alpha value is -3.41. The smallest absolute Gasteiger partial charge is 0.262 e. The van der Waals surface area contributed by atoms with Gasteiger partial charge in [0.05, 0.1) is 5.69 Å². The molecule has 1 aromatic heterocycles. The minimum atomic E-state index is -0.286. The van der Waals surface area contributed by atoms with Gasteiger partial charge in [0.2, 0.25) is 0 Å². The molecule has 1 amide bonds. The van der Waals surface area contributed by atoms with Crippen LogP contribution < -0.4 is 15.4 Å². The number of benzene rings is 2. The van der Waals surface area contributed by atoms with Crippen LogP contribution in [0.4, 0.5) is 21.6 Å². The van der Waals surface area contributed by atoms with Crippen LogP contribution >= 0.6 is 0 Å². The quantitative estimate of drug-likeness (QED) is 0.760. The normalized spacial score (nSPS) is 12.8. The zero-order valence-electron chi connectivity index (χ0n) is 13.1. The van der Waals surface area contributed by atoms with Gasteiger partial charge in [-0.25, -0.2) is 9.37 Å². The predicted molar refractivity (Wildman–Crippen MR) is 93.5 cm³/mol. The van der Waals surface area contributed by atoms with Crippen molar-refractivity contribution in [1.82, 2.24) is 4.98 Å². The molecule has 2 heterocycles. The highest BCUT2D eigenvalue weighted by molar-refractivity contribution is 5.96. The molecule has 0 spiro atoms. The van der Waals surface area contributed by atoms with Gasteiger partial charge in [-0.05, 0) is 59.7 Å². The highest BCUT2D eigenvalue weighted by Gasteiger charge is 2.16. The number of carbonyl (C=O) groups excluding carboxylic acids is 1. The summed E-state index contributed by atoms with van der Waals surface area (Å²) in [5.41, 5.74) is 3.26. The van der Waals surface area contributed by atoms with Crippen molar-refractivity contribution in [2.75, 3.05) is 17.2 Å². The van der Waals surface area contributed by atoms with E-state index < -0.39 is 0 Å². The average molecular weight is 335 g/mol. The van der Waals surface area contributed by atoms with E-state index in [9.17, 15) is 9.18 Å². The van der Waals surface area contributed by atoms with Gasteiger partial charge >= 0.3 is 0 Å². The maximum Gasteiger partial charge on any atom is 0.262 e. The summed E-state index contributed by atoms with van der Waals surface area (Å²) < 4.78 is 18.4. The minimum Gasteiger partial charge on any atom is -0.482 e. The van der Waals surface area contributed by atoms with Crippen LogP contribution in [-0.4, -0.2) is 17.5 Å². The fraction of sp³-hybridized carbons (Fsp3) is 0.0526. The van der Waals surface area contributed by atoms with E-state index >= 15 is 0 Å². The Morgan fingerprint density at radius 2 is 1.84 bits per heavy atom. The fourth-order valence-electron chi connectivity index (χ4n) is 2.62. The number of nitrogens with one attached hydrogen (secondary N) is 2. The summed E-state index contributed by atoms with van der Waals surface area (Å²) in [4.78, 5) is 15.8. The fourth-order valence-corrected chi connectivity index (χ4v) is 2.62. The molecule has 0 saturated heterocycles. The summed E-state index contributed by atoms with van der Waals surface area (Å²) in [6.45, 7) is 0.0351. The maximum absolute atomic E-state index is 13.0. The van der Waals surface area contributed by atoms with Crippen molar-refractivity contribution >= 4 is 23.1 Å². The molecule has 25 heavy (non-hydrogen) atoms. The van der Waals surface area contributed by atoms with Crippen LogP contribution in [0.25, 0.3) is 11.1 Å². The van der Waals surface area contributed by atoms with E-state index in [-0.39, 0.29) is 18.3 Å². The Kier molecular flexibility index (Phi) is 3.78. The Morgan fingerprint density at radius 3 is 2.68 bits per heavy atom. The SMILES string of the molecule is O=C1COc2ccc(-c3ccnc(Nc4ccc(F)cc4)c3)cc2N1. The van der Waals surface area contributed by atoms with Crippen molar-refractivity contribution in [3.8, 4) is 16.9 Å². The van der Waals surface area contributed by atoms with Crippen LogP contribution in [0.3, 0.4) is 0 Å². The van der Waals surface area contributed by atoms with Gasteiger partial charge in [0.15, 0.2) is 6.61 Å². The Morgan fingerprint density at radius 1 is 1.04 bits per heavy atom. The first-order valence-electron chi connectivity index (χ1n) is 7.73. The van der Waals surface area contributed by atoms with Crippen molar-refractivity contribution in [2.45, 2.75) is 0 Å². The molecule has 0 radical (unpaired) electrons. The molecule has 0 aliphatic carbocycles. The first-order chi connectivity index (χ1) is 12.2. The lowest BCUT2D eigenvalue weighted by Gasteiger charge is -2.18. The molecule has 5 nitrogen and oxygen atoms in total. The lowest BCUT2D eigenvalue weighted by molar-refractivity contribution is -0.118. The van der Waals surface area contributed by atoms with Crippen LogP contribution in [0.15, 0.2) is 60.8 Å². The number of carbonyl (C=O) groups is 1. The summed E-state index contributed by atoms with van der Waals surface area (Å²) in [6, 6.07) is 15.5. The van der Waals surface area contributed by atoms with Crippen molar-refractivity contribution in [1.29, 1.82) is 0 Å². The number of rotatable bonds is 3. The number of hydrogen-bond donors (Lipinski definition) is 2. The molecule has 0 unspecified atom stereocenters. The maximum atomic E-state index is 13.0. The van der Waals surface area contributed by atoms with Crippen molar-refractivity contribution in [3.63, 3.8) is 0 Å². The minimum absolute atomic E-state index is 0.0351. The number of amides is 1. The second kappa shape index (κ2) is 6.24. The standard InChI is InChI=1S/C19H14FN3O2/c20-14-2-4-15(5-3-14)22-18-10-13(7-8-21-18)12-1-6-17-16(9-12)23-19(24)11-25-17/h1-10H,11H2,(H,21,22)(H,23,24). The molecule has 3 aromatic rings. The van der Waals surface area contributed by atoms with Gasteiger partial charge in [-0.15, -0.1) is 0 Å². The molecule has 2 N–H and O–H groups in total. The van der Waals surface area contributed by atoms with Crippen LogP contribution in [0, 0.1) is 5.82 Å². The summed E-state index contributed by atoms with van der Waals surface area (Å²) in [6.07, 6.45) is 1.69. The zero-order valence-corrected chi connectivity index (χ0v) is 13.1. The molecule has 0 saturated carbocycles. The molecule has 0 fully saturated rings. The van der Waals surface area contributed by atoms with Gasteiger partial charge in [0, 0.05) is 11.9 Å². The Labute approximate surface area is 143 Å². The highest BCUT2D eigenvalue weighted by Crippen LogP contribution is 2.33. The number of fused-ring (bicyclic) bond motifs is 1. The van der Waals surface area contributed by atoms with Crippen LogP contribution in [-0.2, 0) is 4.79 Å². The van der Waals surface area contributed by atoms with Gasteiger partial charge in [-0.2, -0.15) is 0 Å². The number of aromatic nitrogens is 1. The second-order valence-electron chi connectivity index (χ2n) is 5.61. The van der Waals surface area contributed by atoms with Crippen molar-refractivity contribution < 1.29 is 13.9 Å². The number of ether oxygens (including phenoxy) is 1. The Bertz CT molecular complexity index is 942. The first-order valence-corrected chi connectivity index (χ1v) is 7.73. The van der Waals surface area contributed by atoms with Gasteiger partial charge in [0.25, 0.3) is 5.91 Å². The van der Waals surface area contributed by atoms with Gasteiger partial charge in [0.1, 0.15) is 17.4 Å². The van der Waals surface area contributed by atoms with E-state index in [1.54, 1.807) is 18.3 Å². The van der Waals surface area contributed by atoms with E-state index in [2.05, 4.69) is 15.6 Å². The molecular weight excluding hydrogens is 321 g/mol. The molecule has 0 bridgehead atoms. The second-order valence-corrected chi connectivity index (χ2v) is 5.61. The third-order valence-electron chi connectivity index (χ3n) is 3.82. The third-order valence-corrected chi connectivity index (χ3v) is 3.82. The molecule has 124 valence electrons. The first kappa shape index (κ1) is 15.1. The number of nitrogens with zero attached hydrogens (tertiary/aromatic N) is 1. The van der Waals surface area contributed by atoms with Gasteiger partial charge in [-0.3, -0.25) is 4.79 Å². The van der Waals surface area contributed by atoms with E-state index in [4.69, 9.17) is 4.74 Å². The number of hydrogen-bond acceptors (Lipinski definition) is 4. The van der Waals surface area contributed by atoms with Crippen molar-refractivity contribution in [2.24, 2.45) is 0 Å². The predicted octanol–water partition coefficient (Wildman–Crippen LogP) is 3.96. The van der Waals surface area contributed by atoms with E-state index in [1.165, 1.54) is 12.1 Å². The summed E-state index contributed by atoms with van der Waals surface area (Å²) in [7, 11) is 0. The molecule has 4 rings (SSSR count). The van der Waals surface area contributed by atoms with E-state index in [0.717, 1.165) is 16.8 Å². The molecule has 0 atom stereocenters. The lowest BCUT2D eigenvalue weighted by Crippen LogP contribution is -2.25. The summed E-state index contributed by atoms with van der Waals surface area (Å²) >= 11 is 0. The van der Waals surface area contributed by atoms with Crippen LogP contribution in [0.2, 0.25) is 0 Å².